The van der Waals surface area contributed by atoms with E-state index in [1.165, 1.54) is 12.8 Å². The number of amides is 2. The molecule has 0 N–H and O–H groups in total. The van der Waals surface area contributed by atoms with Crippen molar-refractivity contribution in [1.82, 2.24) is 14.7 Å². The molecule has 3 rings (SSSR count). The van der Waals surface area contributed by atoms with Gasteiger partial charge in [-0.25, -0.2) is 0 Å². The van der Waals surface area contributed by atoms with Gasteiger partial charge in [0.2, 0.25) is 11.8 Å². The van der Waals surface area contributed by atoms with Crippen molar-refractivity contribution < 1.29 is 14.3 Å². The van der Waals surface area contributed by atoms with Crippen molar-refractivity contribution in [2.24, 2.45) is 11.8 Å². The highest BCUT2D eigenvalue weighted by atomic mass is 16.5. The Kier molecular flexibility index (Phi) is 7.53. The van der Waals surface area contributed by atoms with E-state index >= 15 is 0 Å². The molecule has 1 aliphatic carbocycles. The number of carbonyl (C=O) groups excluding carboxylic acids is 2. The normalized spacial score (nSPS) is 28.4. The lowest BCUT2D eigenvalue weighted by Crippen LogP contribution is -2.51. The Bertz CT molecular complexity index is 489. The van der Waals surface area contributed by atoms with E-state index in [0.717, 1.165) is 84.0 Å². The number of piperazine rings is 1. The maximum absolute atomic E-state index is 12.7. The van der Waals surface area contributed by atoms with Gasteiger partial charge in [-0.05, 0) is 44.4 Å². The first-order chi connectivity index (χ1) is 13.0. The van der Waals surface area contributed by atoms with E-state index in [4.69, 9.17) is 4.74 Å². The Balaban J connectivity index is 1.29. The Labute approximate surface area is 164 Å². The van der Waals surface area contributed by atoms with Gasteiger partial charge in [-0.3, -0.25) is 14.5 Å². The van der Waals surface area contributed by atoms with Gasteiger partial charge >= 0.3 is 0 Å². The van der Waals surface area contributed by atoms with Crippen molar-refractivity contribution in [3.05, 3.63) is 0 Å². The predicted molar refractivity (Wildman–Crippen MR) is 105 cm³/mol. The highest BCUT2D eigenvalue weighted by molar-refractivity contribution is 5.79. The van der Waals surface area contributed by atoms with Crippen LogP contribution in [0.15, 0.2) is 0 Å². The molecule has 27 heavy (non-hydrogen) atoms. The largest absolute Gasteiger partial charge is 0.377 e. The zero-order chi connectivity index (χ0) is 19.2. The minimum absolute atomic E-state index is 0.170. The predicted octanol–water partition coefficient (Wildman–Crippen LogP) is 1.98. The first-order valence-corrected chi connectivity index (χ1v) is 10.9. The molecule has 2 heterocycles. The minimum atomic E-state index is 0.170. The topological polar surface area (TPSA) is 53.1 Å². The van der Waals surface area contributed by atoms with Crippen LogP contribution in [0.1, 0.15) is 52.4 Å². The molecule has 3 fully saturated rings. The van der Waals surface area contributed by atoms with E-state index in [-0.39, 0.29) is 17.9 Å². The van der Waals surface area contributed by atoms with Crippen molar-refractivity contribution >= 4 is 11.8 Å². The smallest absolute Gasteiger partial charge is 0.225 e. The van der Waals surface area contributed by atoms with Crippen molar-refractivity contribution in [2.45, 2.75) is 58.5 Å². The quantitative estimate of drug-likeness (QED) is 0.733. The standard InChI is InChI=1S/C21H37N3O3/c1-17-3-5-19(6-4-17)21(26)24-13-11-22(12-14-24)15-16-27-20-7-9-23(10-8-20)18(2)25/h17,19-20H,3-16H2,1-2H3/t17-,19-. The molecule has 0 radical (unpaired) electrons. The molecule has 154 valence electrons. The number of hydrogen-bond donors (Lipinski definition) is 0. The molecule has 2 aliphatic heterocycles. The van der Waals surface area contributed by atoms with E-state index in [9.17, 15) is 9.59 Å². The third-order valence-corrected chi connectivity index (χ3v) is 6.70. The van der Waals surface area contributed by atoms with Crippen LogP contribution in [0.3, 0.4) is 0 Å². The fourth-order valence-corrected chi connectivity index (χ4v) is 4.64. The molecule has 2 saturated heterocycles. The molecule has 0 aromatic heterocycles. The molecule has 0 spiro atoms. The zero-order valence-electron chi connectivity index (χ0n) is 17.2. The second-order valence-corrected chi connectivity index (χ2v) is 8.70. The molecule has 3 aliphatic rings. The second kappa shape index (κ2) is 9.87. The van der Waals surface area contributed by atoms with Crippen molar-refractivity contribution in [2.75, 3.05) is 52.4 Å². The molecule has 0 atom stereocenters. The number of piperidine rings is 1. The maximum atomic E-state index is 12.7. The van der Waals surface area contributed by atoms with E-state index in [2.05, 4.69) is 16.7 Å². The lowest BCUT2D eigenvalue weighted by atomic mass is 9.82. The average Bonchev–Trinajstić information content (AvgIpc) is 2.69. The first kappa shape index (κ1) is 20.6. The van der Waals surface area contributed by atoms with E-state index in [1.54, 1.807) is 6.92 Å². The van der Waals surface area contributed by atoms with Crippen LogP contribution < -0.4 is 0 Å². The highest BCUT2D eigenvalue weighted by Gasteiger charge is 2.30. The summed E-state index contributed by atoms with van der Waals surface area (Å²) in [4.78, 5) is 30.5. The molecule has 2 amide bonds. The van der Waals surface area contributed by atoms with Gasteiger partial charge in [0.15, 0.2) is 0 Å². The molecular formula is C21H37N3O3. The molecule has 0 unspecified atom stereocenters. The van der Waals surface area contributed by atoms with Gasteiger partial charge in [0.25, 0.3) is 0 Å². The zero-order valence-corrected chi connectivity index (χ0v) is 17.2. The highest BCUT2D eigenvalue weighted by Crippen LogP contribution is 2.29. The Morgan fingerprint density at radius 1 is 0.852 bits per heavy atom. The Hall–Kier alpha value is -1.14. The van der Waals surface area contributed by atoms with Gasteiger partial charge < -0.3 is 14.5 Å². The Morgan fingerprint density at radius 2 is 1.48 bits per heavy atom. The summed E-state index contributed by atoms with van der Waals surface area (Å²) in [5.74, 6) is 1.64. The summed E-state index contributed by atoms with van der Waals surface area (Å²) < 4.78 is 6.03. The second-order valence-electron chi connectivity index (χ2n) is 8.70. The van der Waals surface area contributed by atoms with Gasteiger partial charge in [-0.15, -0.1) is 0 Å². The molecule has 1 saturated carbocycles. The summed E-state index contributed by atoms with van der Waals surface area (Å²) in [6.07, 6.45) is 6.76. The number of likely N-dealkylation sites (tertiary alicyclic amines) is 1. The molecule has 6 nitrogen and oxygen atoms in total. The summed E-state index contributed by atoms with van der Waals surface area (Å²) in [5.41, 5.74) is 0. The van der Waals surface area contributed by atoms with Crippen LogP contribution in [0.2, 0.25) is 0 Å². The number of hydrogen-bond acceptors (Lipinski definition) is 4. The molecular weight excluding hydrogens is 342 g/mol. The van der Waals surface area contributed by atoms with Gasteiger partial charge in [-0.1, -0.05) is 6.92 Å². The summed E-state index contributed by atoms with van der Waals surface area (Å²) in [6.45, 7) is 10.9. The summed E-state index contributed by atoms with van der Waals surface area (Å²) in [7, 11) is 0. The maximum Gasteiger partial charge on any atom is 0.225 e. The Morgan fingerprint density at radius 3 is 2.07 bits per heavy atom. The van der Waals surface area contributed by atoms with Crippen LogP contribution in [0, 0.1) is 11.8 Å². The van der Waals surface area contributed by atoms with E-state index in [0.29, 0.717) is 5.91 Å². The first-order valence-electron chi connectivity index (χ1n) is 10.9. The van der Waals surface area contributed by atoms with Gasteiger partial charge in [0.05, 0.1) is 12.7 Å². The SMILES string of the molecule is CC(=O)N1CCC(OCCN2CCN(C(=O)[C@H]3CC[C@H](C)CC3)CC2)CC1. The molecule has 6 heteroatoms. The number of nitrogens with zero attached hydrogens (tertiary/aromatic N) is 3. The fraction of sp³-hybridized carbons (Fsp3) is 0.905. The van der Waals surface area contributed by atoms with Crippen molar-refractivity contribution in [3.8, 4) is 0 Å². The monoisotopic (exact) mass is 379 g/mol. The van der Waals surface area contributed by atoms with Crippen LogP contribution in [0.4, 0.5) is 0 Å². The van der Waals surface area contributed by atoms with Gasteiger partial charge in [-0.2, -0.15) is 0 Å². The third-order valence-electron chi connectivity index (χ3n) is 6.70. The molecule has 0 aromatic carbocycles. The summed E-state index contributed by atoms with van der Waals surface area (Å²) >= 11 is 0. The van der Waals surface area contributed by atoms with Gasteiger partial charge in [0.1, 0.15) is 0 Å². The summed E-state index contributed by atoms with van der Waals surface area (Å²) in [6, 6.07) is 0. The summed E-state index contributed by atoms with van der Waals surface area (Å²) in [5, 5.41) is 0. The number of ether oxygens (including phenoxy) is 1. The van der Waals surface area contributed by atoms with Crippen LogP contribution in [-0.4, -0.2) is 85.0 Å². The number of carbonyl (C=O) groups is 2. The minimum Gasteiger partial charge on any atom is -0.377 e. The van der Waals surface area contributed by atoms with Crippen molar-refractivity contribution in [3.63, 3.8) is 0 Å². The molecule has 0 aromatic rings. The third kappa shape index (κ3) is 5.92. The molecule has 0 bridgehead atoms. The fourth-order valence-electron chi connectivity index (χ4n) is 4.64. The lowest BCUT2D eigenvalue weighted by Gasteiger charge is -2.38. The van der Waals surface area contributed by atoms with E-state index in [1.807, 2.05) is 4.90 Å². The van der Waals surface area contributed by atoms with Crippen molar-refractivity contribution in [1.29, 1.82) is 0 Å². The lowest BCUT2D eigenvalue weighted by molar-refractivity contribution is -0.138. The van der Waals surface area contributed by atoms with Crippen LogP contribution in [0.5, 0.6) is 0 Å². The van der Waals surface area contributed by atoms with Crippen LogP contribution in [0.25, 0.3) is 0 Å². The van der Waals surface area contributed by atoms with E-state index < -0.39 is 0 Å². The average molecular weight is 380 g/mol. The van der Waals surface area contributed by atoms with Crippen LogP contribution in [-0.2, 0) is 14.3 Å². The number of rotatable bonds is 5. The van der Waals surface area contributed by atoms with Gasteiger partial charge in [0, 0.05) is 58.7 Å². The van der Waals surface area contributed by atoms with Crippen LogP contribution >= 0.6 is 0 Å².